The number of likely N-dealkylation sites (N-methyl/N-ethyl adjacent to an activating group) is 1. The minimum absolute atomic E-state index is 0.305. The third kappa shape index (κ3) is 8.70. The first-order chi connectivity index (χ1) is 15.8. The Hall–Kier alpha value is -1.67. The molecule has 0 amide bonds. The summed E-state index contributed by atoms with van der Waals surface area (Å²) in [5, 5.41) is 6.86. The average molecular weight is 446 g/mol. The predicted octanol–water partition coefficient (Wildman–Crippen LogP) is 2.51. The summed E-state index contributed by atoms with van der Waals surface area (Å²) in [6, 6.07) is 11.4. The van der Waals surface area contributed by atoms with Gasteiger partial charge in [-0.3, -0.25) is 9.89 Å². The number of nitrogens with zero attached hydrogens (tertiary/aromatic N) is 3. The fraction of sp³-hybridized carbons (Fsp3) is 0.720. The molecule has 1 aromatic carbocycles. The lowest BCUT2D eigenvalue weighted by molar-refractivity contribution is 0.0171. The molecule has 2 unspecified atom stereocenters. The maximum Gasteiger partial charge on any atom is 0.191 e. The van der Waals surface area contributed by atoms with Crippen molar-refractivity contribution < 1.29 is 9.47 Å². The lowest BCUT2D eigenvalue weighted by atomic mass is 10.0. The SMILES string of the molecule is CCNC(=NCCCOCC1CCCO1)NCCCN1CCN(C)CC1c1ccccc1. The van der Waals surface area contributed by atoms with Crippen LogP contribution in [0.2, 0.25) is 0 Å². The second-order valence-corrected chi connectivity index (χ2v) is 8.83. The lowest BCUT2D eigenvalue weighted by Gasteiger charge is -2.40. The highest BCUT2D eigenvalue weighted by atomic mass is 16.5. The highest BCUT2D eigenvalue weighted by molar-refractivity contribution is 5.79. The minimum atomic E-state index is 0.305. The van der Waals surface area contributed by atoms with Crippen LogP contribution in [-0.4, -0.2) is 94.5 Å². The van der Waals surface area contributed by atoms with Gasteiger partial charge in [0.05, 0.1) is 12.7 Å². The molecule has 7 heteroatoms. The molecular formula is C25H43N5O2. The molecule has 2 heterocycles. The van der Waals surface area contributed by atoms with E-state index in [2.05, 4.69) is 64.7 Å². The quantitative estimate of drug-likeness (QED) is 0.293. The Labute approximate surface area is 194 Å². The number of rotatable bonds is 12. The molecule has 0 aromatic heterocycles. The van der Waals surface area contributed by atoms with Crippen molar-refractivity contribution >= 4 is 5.96 Å². The number of hydrogen-bond acceptors (Lipinski definition) is 5. The van der Waals surface area contributed by atoms with Crippen LogP contribution in [0.4, 0.5) is 0 Å². The van der Waals surface area contributed by atoms with Gasteiger partial charge in [-0.05, 0) is 45.2 Å². The van der Waals surface area contributed by atoms with E-state index in [-0.39, 0.29) is 0 Å². The summed E-state index contributed by atoms with van der Waals surface area (Å²) < 4.78 is 11.3. The fourth-order valence-corrected chi connectivity index (χ4v) is 4.39. The van der Waals surface area contributed by atoms with E-state index < -0.39 is 0 Å². The predicted molar refractivity (Wildman–Crippen MR) is 131 cm³/mol. The van der Waals surface area contributed by atoms with E-state index in [1.165, 1.54) is 5.56 Å². The Morgan fingerprint density at radius 3 is 2.84 bits per heavy atom. The summed E-state index contributed by atoms with van der Waals surface area (Å²) >= 11 is 0. The van der Waals surface area contributed by atoms with Gasteiger partial charge in [-0.2, -0.15) is 0 Å². The number of guanidine groups is 1. The summed E-state index contributed by atoms with van der Waals surface area (Å²) in [7, 11) is 2.22. The van der Waals surface area contributed by atoms with Crippen molar-refractivity contribution in [1.29, 1.82) is 0 Å². The lowest BCUT2D eigenvalue weighted by Crippen LogP contribution is -2.47. The van der Waals surface area contributed by atoms with Gasteiger partial charge in [0.1, 0.15) is 0 Å². The molecule has 0 saturated carbocycles. The third-order valence-corrected chi connectivity index (χ3v) is 6.18. The summed E-state index contributed by atoms with van der Waals surface area (Å²) in [4.78, 5) is 9.77. The highest BCUT2D eigenvalue weighted by Gasteiger charge is 2.25. The Bertz CT molecular complexity index is 651. The summed E-state index contributed by atoms with van der Waals surface area (Å²) in [5.41, 5.74) is 1.42. The molecule has 32 heavy (non-hydrogen) atoms. The van der Waals surface area contributed by atoms with Gasteiger partial charge >= 0.3 is 0 Å². The van der Waals surface area contributed by atoms with Crippen LogP contribution < -0.4 is 10.6 Å². The van der Waals surface area contributed by atoms with Crippen LogP contribution >= 0.6 is 0 Å². The van der Waals surface area contributed by atoms with Gasteiger partial charge in [0, 0.05) is 65.1 Å². The van der Waals surface area contributed by atoms with Crippen LogP contribution in [-0.2, 0) is 9.47 Å². The highest BCUT2D eigenvalue weighted by Crippen LogP contribution is 2.24. The first kappa shape index (κ1) is 25.0. The van der Waals surface area contributed by atoms with E-state index in [0.29, 0.717) is 12.1 Å². The molecule has 180 valence electrons. The second-order valence-electron chi connectivity index (χ2n) is 8.83. The fourth-order valence-electron chi connectivity index (χ4n) is 4.39. The number of piperazine rings is 1. The largest absolute Gasteiger partial charge is 0.379 e. The molecule has 2 atom stereocenters. The first-order valence-corrected chi connectivity index (χ1v) is 12.5. The summed E-state index contributed by atoms with van der Waals surface area (Å²) in [5.74, 6) is 0.907. The molecule has 0 radical (unpaired) electrons. The number of nitrogens with one attached hydrogen (secondary N) is 2. The number of ether oxygens (including phenoxy) is 2. The van der Waals surface area contributed by atoms with Crippen molar-refractivity contribution in [2.24, 2.45) is 4.99 Å². The zero-order valence-electron chi connectivity index (χ0n) is 20.1. The van der Waals surface area contributed by atoms with E-state index in [1.54, 1.807) is 0 Å². The average Bonchev–Trinajstić information content (AvgIpc) is 3.33. The van der Waals surface area contributed by atoms with Crippen LogP contribution in [0.25, 0.3) is 0 Å². The van der Waals surface area contributed by atoms with Gasteiger partial charge in [-0.15, -0.1) is 0 Å². The second kappa shape index (κ2) is 14.5. The minimum Gasteiger partial charge on any atom is -0.379 e. The van der Waals surface area contributed by atoms with Crippen molar-refractivity contribution in [3.05, 3.63) is 35.9 Å². The van der Waals surface area contributed by atoms with Crippen LogP contribution in [0.3, 0.4) is 0 Å². The molecule has 2 N–H and O–H groups in total. The molecule has 2 aliphatic rings. The van der Waals surface area contributed by atoms with Crippen molar-refractivity contribution in [3.8, 4) is 0 Å². The normalized spacial score (nSPS) is 22.9. The maximum atomic E-state index is 5.74. The summed E-state index contributed by atoms with van der Waals surface area (Å²) in [6.07, 6.45) is 4.63. The Morgan fingerprint density at radius 1 is 1.19 bits per heavy atom. The smallest absolute Gasteiger partial charge is 0.191 e. The van der Waals surface area contributed by atoms with Crippen LogP contribution in [0.5, 0.6) is 0 Å². The van der Waals surface area contributed by atoms with Gasteiger partial charge < -0.3 is 25.0 Å². The molecule has 1 aromatic rings. The molecule has 3 rings (SSSR count). The molecule has 7 nitrogen and oxygen atoms in total. The Balaban J connectivity index is 1.34. The van der Waals surface area contributed by atoms with E-state index in [4.69, 9.17) is 14.5 Å². The van der Waals surface area contributed by atoms with E-state index in [0.717, 1.165) is 97.3 Å². The van der Waals surface area contributed by atoms with Gasteiger partial charge in [0.15, 0.2) is 5.96 Å². The molecular weight excluding hydrogens is 402 g/mol. The monoisotopic (exact) mass is 445 g/mol. The van der Waals surface area contributed by atoms with E-state index >= 15 is 0 Å². The molecule has 2 aliphatic heterocycles. The maximum absolute atomic E-state index is 5.74. The molecule has 0 bridgehead atoms. The van der Waals surface area contributed by atoms with E-state index in [1.807, 2.05) is 0 Å². The third-order valence-electron chi connectivity index (χ3n) is 6.18. The van der Waals surface area contributed by atoms with Crippen LogP contribution in [0.1, 0.15) is 44.2 Å². The topological polar surface area (TPSA) is 61.4 Å². The zero-order chi connectivity index (χ0) is 22.4. The molecule has 0 aliphatic carbocycles. The van der Waals surface area contributed by atoms with Crippen molar-refractivity contribution in [2.45, 2.75) is 44.8 Å². The van der Waals surface area contributed by atoms with Crippen molar-refractivity contribution in [2.75, 3.05) is 72.7 Å². The number of benzene rings is 1. The zero-order valence-corrected chi connectivity index (χ0v) is 20.1. The van der Waals surface area contributed by atoms with Crippen molar-refractivity contribution in [3.63, 3.8) is 0 Å². The Kier molecular flexibility index (Phi) is 11.3. The Morgan fingerprint density at radius 2 is 2.06 bits per heavy atom. The molecule has 2 fully saturated rings. The molecule has 0 spiro atoms. The van der Waals surface area contributed by atoms with Gasteiger partial charge in [-0.25, -0.2) is 0 Å². The van der Waals surface area contributed by atoms with Gasteiger partial charge in [0.2, 0.25) is 0 Å². The van der Waals surface area contributed by atoms with Crippen LogP contribution in [0.15, 0.2) is 35.3 Å². The number of hydrogen-bond donors (Lipinski definition) is 2. The van der Waals surface area contributed by atoms with E-state index in [9.17, 15) is 0 Å². The summed E-state index contributed by atoms with van der Waals surface area (Å²) in [6.45, 7) is 11.5. The standard InChI is InChI=1S/C25H43N5O2/c1-3-26-25(28-14-9-18-31-21-23-12-7-19-32-23)27-13-8-15-30-17-16-29(2)20-24(30)22-10-5-4-6-11-22/h4-6,10-11,23-24H,3,7-9,12-21H2,1-2H3,(H2,26,27,28). The van der Waals surface area contributed by atoms with Crippen molar-refractivity contribution in [1.82, 2.24) is 20.4 Å². The van der Waals surface area contributed by atoms with Gasteiger partial charge in [0.25, 0.3) is 0 Å². The number of aliphatic imine (C=N–C) groups is 1. The van der Waals surface area contributed by atoms with Gasteiger partial charge in [-0.1, -0.05) is 30.3 Å². The molecule has 2 saturated heterocycles. The van der Waals surface area contributed by atoms with Crippen LogP contribution in [0, 0.1) is 0 Å². The first-order valence-electron chi connectivity index (χ1n) is 12.5.